The molecule has 0 atom stereocenters. The minimum absolute atomic E-state index is 0.665. The van der Waals surface area contributed by atoms with Gasteiger partial charge >= 0.3 is 0 Å². The quantitative estimate of drug-likeness (QED) is 0.179. The largest absolute Gasteiger partial charge is 0.456 e. The highest BCUT2D eigenvalue weighted by molar-refractivity contribution is 6.11. The zero-order chi connectivity index (χ0) is 36.3. The number of fused-ring (bicyclic) bond motifs is 6. The molecule has 2 aliphatic carbocycles. The molecule has 0 bridgehead atoms. The monoisotopic (exact) mass is 705 g/mol. The number of furan rings is 1. The number of aromatic nitrogens is 3. The summed E-state index contributed by atoms with van der Waals surface area (Å²) in [4.78, 5) is 15.4. The predicted octanol–water partition coefficient (Wildman–Crippen LogP) is 13.0. The molecule has 0 amide bonds. The Hall–Kier alpha value is -6.91. The lowest BCUT2D eigenvalue weighted by atomic mass is 9.86. The van der Waals surface area contributed by atoms with E-state index in [1.165, 1.54) is 55.1 Å². The molecule has 4 nitrogen and oxygen atoms in total. The van der Waals surface area contributed by atoms with Gasteiger partial charge in [-0.25, -0.2) is 15.0 Å². The van der Waals surface area contributed by atoms with Gasteiger partial charge in [-0.3, -0.25) is 0 Å². The predicted molar refractivity (Wildman–Crippen MR) is 226 cm³/mol. The summed E-state index contributed by atoms with van der Waals surface area (Å²) in [5.41, 5.74) is 14.9. The number of para-hydroxylation sites is 1. The van der Waals surface area contributed by atoms with E-state index in [4.69, 9.17) is 19.4 Å². The van der Waals surface area contributed by atoms with Crippen molar-refractivity contribution in [1.29, 1.82) is 0 Å². The van der Waals surface area contributed by atoms with Gasteiger partial charge in [0.2, 0.25) is 0 Å². The van der Waals surface area contributed by atoms with E-state index in [1.807, 2.05) is 12.1 Å². The summed E-state index contributed by atoms with van der Waals surface area (Å²) in [6.45, 7) is 0. The molecule has 0 N–H and O–H groups in total. The summed E-state index contributed by atoms with van der Waals surface area (Å²) in [5, 5.41) is 4.83. The third kappa shape index (κ3) is 5.66. The molecular formula is C51H35N3O. The van der Waals surface area contributed by atoms with Crippen molar-refractivity contribution < 1.29 is 4.42 Å². The molecule has 7 aromatic carbocycles. The van der Waals surface area contributed by atoms with Gasteiger partial charge in [0.1, 0.15) is 11.2 Å². The van der Waals surface area contributed by atoms with Gasteiger partial charge in [-0.15, -0.1) is 0 Å². The van der Waals surface area contributed by atoms with Crippen LogP contribution in [0.2, 0.25) is 0 Å². The van der Waals surface area contributed by atoms with E-state index >= 15 is 0 Å². The van der Waals surface area contributed by atoms with Crippen LogP contribution < -0.4 is 0 Å². The first-order chi connectivity index (χ1) is 27.2. The fourth-order valence-corrected chi connectivity index (χ4v) is 8.40. The maximum atomic E-state index is 6.22. The molecular weight excluding hydrogens is 671 g/mol. The topological polar surface area (TPSA) is 51.8 Å². The second-order valence-electron chi connectivity index (χ2n) is 14.7. The summed E-state index contributed by atoms with van der Waals surface area (Å²) in [6.07, 6.45) is 10.8. The zero-order valence-corrected chi connectivity index (χ0v) is 30.2. The minimum Gasteiger partial charge on any atom is -0.456 e. The molecule has 0 unspecified atom stereocenters. The van der Waals surface area contributed by atoms with Crippen LogP contribution in [0.3, 0.4) is 0 Å². The van der Waals surface area contributed by atoms with E-state index in [0.717, 1.165) is 64.5 Å². The van der Waals surface area contributed by atoms with Gasteiger partial charge in [-0.05, 0) is 111 Å². The van der Waals surface area contributed by atoms with Crippen molar-refractivity contribution in [2.45, 2.75) is 25.7 Å². The third-order valence-electron chi connectivity index (χ3n) is 11.3. The van der Waals surface area contributed by atoms with Gasteiger partial charge in [0.25, 0.3) is 0 Å². The second kappa shape index (κ2) is 12.9. The summed E-state index contributed by atoms with van der Waals surface area (Å²) >= 11 is 0. The highest BCUT2D eigenvalue weighted by Gasteiger charge is 2.20. The van der Waals surface area contributed by atoms with Gasteiger partial charge in [0.05, 0.1) is 0 Å². The maximum Gasteiger partial charge on any atom is 0.164 e. The van der Waals surface area contributed by atoms with Gasteiger partial charge < -0.3 is 4.42 Å². The molecule has 0 spiro atoms. The number of allylic oxidation sites excluding steroid dienone is 2. The molecule has 0 fully saturated rings. The average molecular weight is 706 g/mol. The van der Waals surface area contributed by atoms with Crippen molar-refractivity contribution >= 4 is 50.4 Å². The van der Waals surface area contributed by atoms with E-state index in [9.17, 15) is 0 Å². The maximum absolute atomic E-state index is 6.22. The van der Waals surface area contributed by atoms with Crippen molar-refractivity contribution in [2.75, 3.05) is 0 Å². The van der Waals surface area contributed by atoms with Crippen LogP contribution in [0.5, 0.6) is 0 Å². The second-order valence-corrected chi connectivity index (χ2v) is 14.7. The van der Waals surface area contributed by atoms with Crippen LogP contribution in [-0.2, 0) is 12.8 Å². The zero-order valence-electron chi connectivity index (χ0n) is 30.2. The number of nitrogens with zero attached hydrogens (tertiary/aromatic N) is 3. The van der Waals surface area contributed by atoms with Crippen LogP contribution in [-0.4, -0.2) is 15.0 Å². The lowest BCUT2D eigenvalue weighted by Crippen LogP contribution is -2.03. The molecule has 11 rings (SSSR count). The first-order valence-electron chi connectivity index (χ1n) is 19.1. The molecule has 0 aliphatic heterocycles. The smallest absolute Gasteiger partial charge is 0.164 e. The number of hydrogen-bond donors (Lipinski definition) is 0. The molecule has 2 aliphatic rings. The summed E-state index contributed by atoms with van der Waals surface area (Å²) in [7, 11) is 0. The van der Waals surface area contributed by atoms with Crippen LogP contribution in [0.25, 0.3) is 95.7 Å². The first-order valence-corrected chi connectivity index (χ1v) is 19.1. The fourth-order valence-electron chi connectivity index (χ4n) is 8.40. The third-order valence-corrected chi connectivity index (χ3v) is 11.3. The lowest BCUT2D eigenvalue weighted by molar-refractivity contribution is 0.669. The first kappa shape index (κ1) is 31.6. The van der Waals surface area contributed by atoms with E-state index in [2.05, 4.69) is 152 Å². The average Bonchev–Trinajstić information content (AvgIpc) is 3.65. The van der Waals surface area contributed by atoms with E-state index < -0.39 is 0 Å². The number of benzene rings is 7. The highest BCUT2D eigenvalue weighted by atomic mass is 16.3. The van der Waals surface area contributed by atoms with Crippen molar-refractivity contribution in [3.05, 3.63) is 179 Å². The van der Waals surface area contributed by atoms with E-state index in [0.29, 0.717) is 17.5 Å². The molecule has 9 aromatic rings. The van der Waals surface area contributed by atoms with Crippen LogP contribution in [0, 0.1) is 0 Å². The van der Waals surface area contributed by atoms with E-state index in [1.54, 1.807) is 0 Å². The van der Waals surface area contributed by atoms with Crippen molar-refractivity contribution in [2.24, 2.45) is 0 Å². The van der Waals surface area contributed by atoms with Crippen molar-refractivity contribution in [3.8, 4) is 45.3 Å². The number of hydrogen-bond acceptors (Lipinski definition) is 4. The van der Waals surface area contributed by atoms with E-state index in [-0.39, 0.29) is 0 Å². The molecule has 2 heterocycles. The van der Waals surface area contributed by atoms with Crippen molar-refractivity contribution in [1.82, 2.24) is 15.0 Å². The standard InChI is InChI=1S/C51H35N3O/c1-3-10-36-28-38(22-18-32(36)8-1)34-16-20-35(21-17-34)49-52-50(42-26-19-33-9-2-4-11-37(33)30-42)54-51(53-49)43-27-24-39-29-41(25-23-40(39)31-43)44-13-7-15-47-48(44)45-12-5-6-14-46(45)55-47/h1,3-8,10-22,24,26-31H,2,9,23,25H2. The van der Waals surface area contributed by atoms with Gasteiger partial charge in [-0.2, -0.15) is 0 Å². The van der Waals surface area contributed by atoms with Gasteiger partial charge in [0, 0.05) is 27.5 Å². The van der Waals surface area contributed by atoms with Crippen LogP contribution >= 0.6 is 0 Å². The molecule has 0 saturated heterocycles. The Balaban J connectivity index is 0.983. The number of aryl methyl sites for hydroxylation is 2. The summed E-state index contributed by atoms with van der Waals surface area (Å²) in [5.74, 6) is 2.03. The van der Waals surface area contributed by atoms with Crippen LogP contribution in [0.15, 0.2) is 156 Å². The molecule has 0 saturated carbocycles. The summed E-state index contributed by atoms with van der Waals surface area (Å²) < 4.78 is 6.22. The fraction of sp³-hybridized carbons (Fsp3) is 0.0784. The Morgan fingerprint density at radius 1 is 0.455 bits per heavy atom. The Kier molecular flexibility index (Phi) is 7.41. The van der Waals surface area contributed by atoms with Crippen LogP contribution in [0.4, 0.5) is 0 Å². The summed E-state index contributed by atoms with van der Waals surface area (Å²) in [6, 6.07) is 51.7. The highest BCUT2D eigenvalue weighted by Crippen LogP contribution is 2.40. The Bertz CT molecular complexity index is 3040. The van der Waals surface area contributed by atoms with Crippen molar-refractivity contribution in [3.63, 3.8) is 0 Å². The Labute approximate surface area is 319 Å². The SMILES string of the molecule is C1=Cc2cc(-c3nc(-c4ccc(-c5ccc6ccccc6c5)cc4)nc(-c4ccc5c(c4)CCC(c4cccc6oc7ccccc7c46)=C5)n3)ccc2CC1. The molecule has 260 valence electrons. The Morgan fingerprint density at radius 2 is 1.16 bits per heavy atom. The molecule has 4 heteroatoms. The van der Waals surface area contributed by atoms with Gasteiger partial charge in [-0.1, -0.05) is 133 Å². The number of rotatable bonds is 5. The lowest BCUT2D eigenvalue weighted by Gasteiger charge is -2.18. The molecule has 55 heavy (non-hydrogen) atoms. The normalized spacial score (nSPS) is 13.6. The molecule has 2 aromatic heterocycles. The van der Waals surface area contributed by atoms with Gasteiger partial charge in [0.15, 0.2) is 17.5 Å². The Morgan fingerprint density at radius 3 is 2.05 bits per heavy atom. The molecule has 0 radical (unpaired) electrons. The minimum atomic E-state index is 0.665. The van der Waals surface area contributed by atoms with Crippen LogP contribution in [0.1, 0.15) is 40.7 Å².